The molecule has 0 spiro atoms. The number of hydrogen-bond acceptors (Lipinski definition) is 2. The standard InChI is InChI=1S/C9H9Br3Cl2O2Si/c10-6-1-2-7(9(12)8(6)11)16-17-15-4-5(14)3-13/h1-2,5H,3-4,17H2. The quantitative estimate of drug-likeness (QED) is 0.259. The third-order valence-corrected chi connectivity index (χ3v) is 6.74. The minimum Gasteiger partial charge on any atom is -0.524 e. The molecular formula is C9H9Br3Cl2O2Si. The zero-order valence-electron chi connectivity index (χ0n) is 8.56. The predicted octanol–water partition coefficient (Wildman–Crippen LogP) is 4.21. The van der Waals surface area contributed by atoms with Crippen LogP contribution in [-0.4, -0.2) is 27.9 Å². The van der Waals surface area contributed by atoms with Crippen LogP contribution >= 0.6 is 71.0 Å². The van der Waals surface area contributed by atoms with E-state index in [2.05, 4.69) is 47.8 Å². The van der Waals surface area contributed by atoms with Crippen LogP contribution in [-0.2, 0) is 4.43 Å². The summed E-state index contributed by atoms with van der Waals surface area (Å²) in [5.74, 6) is 1.13. The second kappa shape index (κ2) is 8.40. The maximum Gasteiger partial charge on any atom is 0.366 e. The van der Waals surface area contributed by atoms with Gasteiger partial charge < -0.3 is 8.85 Å². The van der Waals surface area contributed by atoms with Crippen molar-refractivity contribution in [1.82, 2.24) is 0 Å². The van der Waals surface area contributed by atoms with Crippen molar-refractivity contribution in [2.75, 3.05) is 12.5 Å². The Bertz CT molecular complexity index is 382. The van der Waals surface area contributed by atoms with Crippen molar-refractivity contribution in [2.45, 2.75) is 5.38 Å². The van der Waals surface area contributed by atoms with Crippen LogP contribution in [0.1, 0.15) is 0 Å². The van der Waals surface area contributed by atoms with Crippen LogP contribution in [0, 0.1) is 0 Å². The van der Waals surface area contributed by atoms with Crippen molar-refractivity contribution in [3.05, 3.63) is 25.6 Å². The van der Waals surface area contributed by atoms with Crippen LogP contribution in [0.4, 0.5) is 0 Å². The van der Waals surface area contributed by atoms with Crippen molar-refractivity contribution >= 4 is 81.0 Å². The fourth-order valence-electron chi connectivity index (χ4n) is 0.945. The van der Waals surface area contributed by atoms with Gasteiger partial charge in [-0.15, -0.1) is 23.2 Å². The molecule has 1 aromatic carbocycles. The Kier molecular flexibility index (Phi) is 8.04. The van der Waals surface area contributed by atoms with Crippen molar-refractivity contribution in [1.29, 1.82) is 0 Å². The summed E-state index contributed by atoms with van der Waals surface area (Å²) in [5, 5.41) is -0.159. The average Bonchev–Trinajstić information content (AvgIpc) is 2.33. The highest BCUT2D eigenvalue weighted by Gasteiger charge is 2.09. The van der Waals surface area contributed by atoms with E-state index in [-0.39, 0.29) is 5.38 Å². The first-order valence-corrected chi connectivity index (χ1v) is 9.10. The Hall–Kier alpha value is 1.22. The second-order valence-electron chi connectivity index (χ2n) is 3.06. The van der Waals surface area contributed by atoms with E-state index in [4.69, 9.17) is 32.1 Å². The van der Waals surface area contributed by atoms with Gasteiger partial charge in [0.05, 0.1) is 16.5 Å². The second-order valence-corrected chi connectivity index (χ2v) is 7.36. The first-order valence-electron chi connectivity index (χ1n) is 4.60. The number of halogens is 5. The summed E-state index contributed by atoms with van der Waals surface area (Å²) in [6.45, 7) is 0.423. The monoisotopic (exact) mass is 484 g/mol. The Morgan fingerprint density at radius 2 is 1.94 bits per heavy atom. The molecule has 0 saturated carbocycles. The van der Waals surface area contributed by atoms with E-state index in [1.807, 2.05) is 12.1 Å². The molecule has 0 N–H and O–H groups in total. The molecule has 0 heterocycles. The van der Waals surface area contributed by atoms with Crippen LogP contribution in [0.15, 0.2) is 25.6 Å². The molecule has 0 fully saturated rings. The van der Waals surface area contributed by atoms with Gasteiger partial charge in [-0.25, -0.2) is 0 Å². The predicted molar refractivity (Wildman–Crippen MR) is 85.0 cm³/mol. The van der Waals surface area contributed by atoms with Gasteiger partial charge >= 0.3 is 10.0 Å². The van der Waals surface area contributed by atoms with Gasteiger partial charge in [-0.05, 0) is 59.9 Å². The van der Waals surface area contributed by atoms with Crippen LogP contribution in [0.25, 0.3) is 0 Å². The Morgan fingerprint density at radius 1 is 1.24 bits per heavy atom. The summed E-state index contributed by atoms with van der Waals surface area (Å²) >= 11 is 21.7. The molecule has 96 valence electrons. The molecule has 1 atom stereocenters. The van der Waals surface area contributed by atoms with Crippen molar-refractivity contribution in [2.24, 2.45) is 0 Å². The van der Waals surface area contributed by atoms with E-state index >= 15 is 0 Å². The van der Waals surface area contributed by atoms with E-state index in [9.17, 15) is 0 Å². The lowest BCUT2D eigenvalue weighted by atomic mass is 10.3. The fraction of sp³-hybridized carbons (Fsp3) is 0.333. The normalized spacial score (nSPS) is 13.2. The molecule has 0 aliphatic heterocycles. The van der Waals surface area contributed by atoms with E-state index in [0.29, 0.717) is 12.5 Å². The van der Waals surface area contributed by atoms with Crippen LogP contribution in [0.5, 0.6) is 5.75 Å². The lowest BCUT2D eigenvalue weighted by Gasteiger charge is -2.11. The van der Waals surface area contributed by atoms with Gasteiger partial charge in [0.15, 0.2) is 0 Å². The number of rotatable bonds is 6. The molecule has 1 rings (SSSR count). The Balaban J connectivity index is 2.45. The Morgan fingerprint density at radius 3 is 2.59 bits per heavy atom. The molecule has 0 aliphatic carbocycles. The Labute approximate surface area is 138 Å². The number of benzene rings is 1. The van der Waals surface area contributed by atoms with Gasteiger partial charge in [0.1, 0.15) is 5.75 Å². The summed E-state index contributed by atoms with van der Waals surface area (Å²) in [4.78, 5) is 0. The lowest BCUT2D eigenvalue weighted by Crippen LogP contribution is -2.16. The summed E-state index contributed by atoms with van der Waals surface area (Å²) in [6, 6.07) is 3.77. The summed E-state index contributed by atoms with van der Waals surface area (Å²) in [6.07, 6.45) is 0. The van der Waals surface area contributed by atoms with Crippen LogP contribution in [0.2, 0.25) is 0 Å². The minimum atomic E-state index is -1.10. The highest BCUT2D eigenvalue weighted by atomic mass is 79.9. The van der Waals surface area contributed by atoms with Crippen molar-refractivity contribution in [3.63, 3.8) is 0 Å². The topological polar surface area (TPSA) is 18.5 Å². The largest absolute Gasteiger partial charge is 0.524 e. The zero-order valence-corrected chi connectivity index (χ0v) is 16.2. The fourth-order valence-corrected chi connectivity index (χ4v) is 3.70. The van der Waals surface area contributed by atoms with E-state index in [1.165, 1.54) is 0 Å². The molecule has 17 heavy (non-hydrogen) atoms. The highest BCUT2D eigenvalue weighted by molar-refractivity contribution is 9.14. The van der Waals surface area contributed by atoms with E-state index in [0.717, 1.165) is 19.2 Å². The highest BCUT2D eigenvalue weighted by Crippen LogP contribution is 2.37. The number of alkyl halides is 2. The summed E-state index contributed by atoms with van der Waals surface area (Å²) in [7, 11) is -1.10. The SMILES string of the molecule is ClCC(Cl)CO[SiH2]Oc1ccc(Br)c(Br)c1Br. The maximum absolute atomic E-state index is 5.81. The van der Waals surface area contributed by atoms with E-state index in [1.54, 1.807) is 0 Å². The molecule has 0 saturated heterocycles. The van der Waals surface area contributed by atoms with Crippen LogP contribution in [0.3, 0.4) is 0 Å². The summed E-state index contributed by atoms with van der Waals surface area (Å²) < 4.78 is 13.7. The van der Waals surface area contributed by atoms with E-state index < -0.39 is 10.0 Å². The molecule has 0 amide bonds. The zero-order chi connectivity index (χ0) is 12.8. The lowest BCUT2D eigenvalue weighted by molar-refractivity contribution is 0.292. The smallest absolute Gasteiger partial charge is 0.366 e. The van der Waals surface area contributed by atoms with Crippen LogP contribution < -0.4 is 4.43 Å². The van der Waals surface area contributed by atoms with Crippen molar-refractivity contribution < 1.29 is 8.85 Å². The molecule has 0 radical (unpaired) electrons. The molecule has 2 nitrogen and oxygen atoms in total. The molecule has 1 unspecified atom stereocenters. The molecule has 0 bridgehead atoms. The summed E-state index contributed by atoms with van der Waals surface area (Å²) in [5.41, 5.74) is 0. The molecule has 8 heteroatoms. The first-order chi connectivity index (χ1) is 8.06. The van der Waals surface area contributed by atoms with Gasteiger partial charge in [0.25, 0.3) is 0 Å². The van der Waals surface area contributed by atoms with Gasteiger partial charge in [-0.1, -0.05) is 0 Å². The first kappa shape index (κ1) is 16.3. The average molecular weight is 488 g/mol. The van der Waals surface area contributed by atoms with Gasteiger partial charge in [-0.2, -0.15) is 0 Å². The van der Waals surface area contributed by atoms with Gasteiger partial charge in [0.2, 0.25) is 0 Å². The van der Waals surface area contributed by atoms with Gasteiger partial charge in [-0.3, -0.25) is 0 Å². The van der Waals surface area contributed by atoms with Crippen molar-refractivity contribution in [3.8, 4) is 5.75 Å². The maximum atomic E-state index is 5.81. The van der Waals surface area contributed by atoms with Gasteiger partial charge in [0, 0.05) is 14.8 Å². The molecular weight excluding hydrogens is 479 g/mol. The molecule has 0 aromatic heterocycles. The number of hydrogen-bond donors (Lipinski definition) is 0. The molecule has 1 aromatic rings. The minimum absolute atomic E-state index is 0.159. The molecule has 0 aliphatic rings. The third-order valence-electron chi connectivity index (χ3n) is 1.76. The third kappa shape index (κ3) is 5.38.